The minimum Gasteiger partial charge on any atom is -0.338 e. The van der Waals surface area contributed by atoms with E-state index in [1.54, 1.807) is 11.3 Å². The molecule has 3 aliphatic rings. The molecule has 8 nitrogen and oxygen atoms in total. The molecule has 1 saturated heterocycles. The Balaban J connectivity index is 1.28. The van der Waals surface area contributed by atoms with Crippen molar-refractivity contribution >= 4 is 45.2 Å². The average molecular weight is 478 g/mol. The molecule has 9 heteroatoms. The number of rotatable bonds is 4. The van der Waals surface area contributed by atoms with Crippen LogP contribution in [0.5, 0.6) is 0 Å². The Bertz CT molecular complexity index is 1270. The molecule has 2 aliphatic carbocycles. The highest BCUT2D eigenvalue weighted by Gasteiger charge is 2.51. The Hall–Kier alpha value is -3.20. The van der Waals surface area contributed by atoms with E-state index in [1.807, 2.05) is 24.3 Å². The monoisotopic (exact) mass is 477 g/mol. The fourth-order valence-corrected chi connectivity index (χ4v) is 6.91. The van der Waals surface area contributed by atoms with E-state index in [9.17, 15) is 14.4 Å². The van der Waals surface area contributed by atoms with Gasteiger partial charge in [0.15, 0.2) is 0 Å². The van der Waals surface area contributed by atoms with Crippen LogP contribution >= 0.6 is 11.3 Å². The lowest BCUT2D eigenvalue weighted by Gasteiger charge is -2.30. The van der Waals surface area contributed by atoms with Crippen LogP contribution in [0.4, 0.5) is 9.80 Å². The van der Waals surface area contributed by atoms with Crippen LogP contribution in [0.2, 0.25) is 0 Å². The molecular weight excluding hydrogens is 450 g/mol. The predicted molar refractivity (Wildman–Crippen MR) is 131 cm³/mol. The third kappa shape index (κ3) is 3.50. The number of fused-ring (bicyclic) bond motifs is 2. The highest BCUT2D eigenvalue weighted by Crippen LogP contribution is 2.44. The minimum absolute atomic E-state index is 0.268. The first kappa shape index (κ1) is 21.3. The van der Waals surface area contributed by atoms with Gasteiger partial charge in [0.2, 0.25) is 5.91 Å². The van der Waals surface area contributed by atoms with Crippen molar-refractivity contribution in [3.05, 3.63) is 34.7 Å². The molecule has 1 saturated carbocycles. The summed E-state index contributed by atoms with van der Waals surface area (Å²) in [5, 5.41) is 6.62. The van der Waals surface area contributed by atoms with Gasteiger partial charge in [-0.2, -0.15) is 0 Å². The van der Waals surface area contributed by atoms with E-state index in [2.05, 4.69) is 15.6 Å². The Morgan fingerprint density at radius 3 is 2.71 bits per heavy atom. The maximum Gasteiger partial charge on any atom is 0.325 e. The summed E-state index contributed by atoms with van der Waals surface area (Å²) >= 11 is 1.58. The number of aromatic nitrogens is 2. The number of aryl methyl sites for hydroxylation is 1. The molecule has 0 radical (unpaired) electrons. The molecule has 0 atom stereocenters. The molecule has 3 aromatic rings. The van der Waals surface area contributed by atoms with Crippen LogP contribution in [0, 0.1) is 0 Å². The minimum atomic E-state index is -0.822. The summed E-state index contributed by atoms with van der Waals surface area (Å²) in [4.78, 5) is 49.3. The number of imide groups is 1. The van der Waals surface area contributed by atoms with Crippen molar-refractivity contribution in [2.75, 3.05) is 11.9 Å². The maximum atomic E-state index is 13.1. The standard InChI is InChI=1S/C25H27N5O3S/c31-19(14-30-23(32)25(29-24(30)33)12-6-1-7-13-25)28-22-20(15-8-2-5-11-18(15)34-22)21-26-16-9-3-4-10-17(16)27-21/h3-4,9-10H,1-2,5-8,11-14H2,(H,26,27)(H,28,31)(H,29,33). The summed E-state index contributed by atoms with van der Waals surface area (Å²) in [6, 6.07) is 7.40. The number of para-hydroxylation sites is 2. The SMILES string of the molecule is O=C(CN1C(=O)NC2(CCCCC2)C1=O)Nc1sc2c(c1-c1nc3ccccc3[nH]1)CCCC2. The van der Waals surface area contributed by atoms with Crippen molar-refractivity contribution in [1.82, 2.24) is 20.2 Å². The van der Waals surface area contributed by atoms with Gasteiger partial charge in [-0.15, -0.1) is 11.3 Å². The summed E-state index contributed by atoms with van der Waals surface area (Å²) < 4.78 is 0. The number of thiophene rings is 1. The third-order valence-corrected chi connectivity index (χ3v) is 8.51. The van der Waals surface area contributed by atoms with Crippen molar-refractivity contribution in [2.24, 2.45) is 0 Å². The number of hydrogen-bond acceptors (Lipinski definition) is 5. The zero-order chi connectivity index (χ0) is 23.3. The highest BCUT2D eigenvalue weighted by molar-refractivity contribution is 7.17. The Labute approximate surface area is 201 Å². The molecule has 4 amide bonds. The molecule has 6 rings (SSSR count). The molecule has 2 fully saturated rings. The average Bonchev–Trinajstić information content (AvgIpc) is 3.48. The molecule has 34 heavy (non-hydrogen) atoms. The summed E-state index contributed by atoms with van der Waals surface area (Å²) in [5.74, 6) is 0.106. The molecule has 0 unspecified atom stereocenters. The number of carbonyl (C=O) groups excluding carboxylic acids is 3. The number of H-pyrrole nitrogens is 1. The Morgan fingerprint density at radius 2 is 1.88 bits per heavy atom. The van der Waals surface area contributed by atoms with E-state index >= 15 is 0 Å². The van der Waals surface area contributed by atoms with E-state index in [4.69, 9.17) is 4.98 Å². The Morgan fingerprint density at radius 1 is 1.09 bits per heavy atom. The van der Waals surface area contributed by atoms with Gasteiger partial charge < -0.3 is 15.6 Å². The van der Waals surface area contributed by atoms with E-state index in [-0.39, 0.29) is 18.4 Å². The third-order valence-electron chi connectivity index (χ3n) is 7.31. The molecule has 0 bridgehead atoms. The van der Waals surface area contributed by atoms with Gasteiger partial charge in [-0.1, -0.05) is 31.4 Å². The second kappa shape index (κ2) is 8.23. The zero-order valence-corrected chi connectivity index (χ0v) is 19.7. The lowest BCUT2D eigenvalue weighted by molar-refractivity contribution is -0.134. The van der Waals surface area contributed by atoms with Gasteiger partial charge >= 0.3 is 6.03 Å². The molecule has 2 aromatic heterocycles. The van der Waals surface area contributed by atoms with Gasteiger partial charge in [-0.3, -0.25) is 14.5 Å². The van der Waals surface area contributed by atoms with E-state index < -0.39 is 11.6 Å². The van der Waals surface area contributed by atoms with Gasteiger partial charge in [-0.05, 0) is 56.2 Å². The first-order valence-corrected chi connectivity index (χ1v) is 12.9. The molecule has 3 heterocycles. The number of hydrogen-bond donors (Lipinski definition) is 3. The molecular formula is C25H27N5O3S. The molecule has 176 valence electrons. The summed E-state index contributed by atoms with van der Waals surface area (Å²) in [6.07, 6.45) is 8.34. The summed E-state index contributed by atoms with van der Waals surface area (Å²) in [6.45, 7) is -0.283. The second-order valence-corrected chi connectivity index (χ2v) is 10.6. The lowest BCUT2D eigenvalue weighted by atomic mass is 9.82. The number of nitrogens with one attached hydrogen (secondary N) is 3. The van der Waals surface area contributed by atoms with Crippen molar-refractivity contribution in [3.63, 3.8) is 0 Å². The summed E-state index contributed by atoms with van der Waals surface area (Å²) in [7, 11) is 0. The topological polar surface area (TPSA) is 107 Å². The lowest BCUT2D eigenvalue weighted by Crippen LogP contribution is -2.48. The second-order valence-electron chi connectivity index (χ2n) is 9.53. The highest BCUT2D eigenvalue weighted by atomic mass is 32.1. The van der Waals surface area contributed by atoms with Crippen LogP contribution in [-0.4, -0.2) is 44.8 Å². The number of aromatic amines is 1. The van der Waals surface area contributed by atoms with Crippen LogP contribution in [0.25, 0.3) is 22.4 Å². The number of amides is 4. The number of anilines is 1. The first-order valence-electron chi connectivity index (χ1n) is 12.1. The van der Waals surface area contributed by atoms with E-state index in [1.165, 1.54) is 10.4 Å². The van der Waals surface area contributed by atoms with Crippen LogP contribution in [-0.2, 0) is 22.4 Å². The van der Waals surface area contributed by atoms with Crippen LogP contribution in [0.3, 0.4) is 0 Å². The predicted octanol–water partition coefficient (Wildman–Crippen LogP) is 4.36. The van der Waals surface area contributed by atoms with E-state index in [0.717, 1.165) is 77.3 Å². The molecule has 1 aromatic carbocycles. The van der Waals surface area contributed by atoms with Gasteiger partial charge in [-0.25, -0.2) is 9.78 Å². The van der Waals surface area contributed by atoms with Crippen molar-refractivity contribution in [1.29, 1.82) is 0 Å². The largest absolute Gasteiger partial charge is 0.338 e. The number of urea groups is 1. The smallest absolute Gasteiger partial charge is 0.325 e. The van der Waals surface area contributed by atoms with Crippen LogP contribution in [0.15, 0.2) is 24.3 Å². The van der Waals surface area contributed by atoms with Crippen molar-refractivity contribution in [2.45, 2.75) is 63.3 Å². The fraction of sp³-hybridized carbons (Fsp3) is 0.440. The maximum absolute atomic E-state index is 13.1. The number of carbonyl (C=O) groups is 3. The van der Waals surface area contributed by atoms with E-state index in [0.29, 0.717) is 12.8 Å². The number of nitrogens with zero attached hydrogens (tertiary/aromatic N) is 2. The van der Waals surface area contributed by atoms with Gasteiger partial charge in [0.25, 0.3) is 5.91 Å². The van der Waals surface area contributed by atoms with Gasteiger partial charge in [0.1, 0.15) is 22.9 Å². The van der Waals surface area contributed by atoms with Crippen LogP contribution < -0.4 is 10.6 Å². The normalized spacial score (nSPS) is 19.5. The van der Waals surface area contributed by atoms with Gasteiger partial charge in [0, 0.05) is 4.88 Å². The first-order chi connectivity index (χ1) is 16.5. The Kier molecular flexibility index (Phi) is 5.17. The van der Waals surface area contributed by atoms with Crippen molar-refractivity contribution < 1.29 is 14.4 Å². The molecule has 1 spiro atoms. The zero-order valence-electron chi connectivity index (χ0n) is 18.9. The quantitative estimate of drug-likeness (QED) is 0.485. The van der Waals surface area contributed by atoms with Crippen LogP contribution in [0.1, 0.15) is 55.4 Å². The summed E-state index contributed by atoms with van der Waals surface area (Å²) in [5.41, 5.74) is 3.18. The number of imidazole rings is 1. The van der Waals surface area contributed by atoms with Crippen molar-refractivity contribution in [3.8, 4) is 11.4 Å². The number of benzene rings is 1. The molecule has 3 N–H and O–H groups in total. The molecule has 1 aliphatic heterocycles. The fourth-order valence-electron chi connectivity index (χ4n) is 5.60. The van der Waals surface area contributed by atoms with Gasteiger partial charge in [0.05, 0.1) is 16.6 Å².